The summed E-state index contributed by atoms with van der Waals surface area (Å²) in [5.41, 5.74) is 0.375. The van der Waals surface area contributed by atoms with Gasteiger partial charge >= 0.3 is 5.97 Å². The summed E-state index contributed by atoms with van der Waals surface area (Å²) in [5.74, 6) is -0.441. The first-order valence-electron chi connectivity index (χ1n) is 5.54. The molecule has 0 aliphatic heterocycles. The Kier molecular flexibility index (Phi) is 3.99. The Morgan fingerprint density at radius 3 is 2.70 bits per heavy atom. The summed E-state index contributed by atoms with van der Waals surface area (Å²) in [6.45, 7) is 0. The monoisotopic (exact) mass is 267 g/mol. The van der Waals surface area contributed by atoms with Gasteiger partial charge in [-0.25, -0.2) is 14.8 Å². The number of anilines is 1. The molecule has 2 aromatic heterocycles. The van der Waals surface area contributed by atoms with Gasteiger partial charge in [0.25, 0.3) is 0 Å². The Bertz CT molecular complexity index is 691. The highest BCUT2D eigenvalue weighted by atomic mass is 16.4. The summed E-state index contributed by atoms with van der Waals surface area (Å²) in [6, 6.07) is 6.65. The molecule has 20 heavy (non-hydrogen) atoms. The highest BCUT2D eigenvalue weighted by molar-refractivity contribution is 5.91. The third kappa shape index (κ3) is 3.14. The fourth-order valence-corrected chi connectivity index (χ4v) is 1.37. The van der Waals surface area contributed by atoms with Crippen molar-refractivity contribution in [3.63, 3.8) is 0 Å². The number of aromatic nitrogens is 3. The molecule has 0 spiro atoms. The third-order valence-corrected chi connectivity index (χ3v) is 2.31. The van der Waals surface area contributed by atoms with Crippen LogP contribution in [0, 0.1) is 11.3 Å². The molecule has 0 fully saturated rings. The van der Waals surface area contributed by atoms with E-state index in [0.29, 0.717) is 11.6 Å². The maximum atomic E-state index is 10.7. The lowest BCUT2D eigenvalue weighted by atomic mass is 10.2. The molecule has 2 rings (SSSR count). The molecule has 0 saturated heterocycles. The molecule has 0 aliphatic rings. The minimum Gasteiger partial charge on any atom is -0.477 e. The van der Waals surface area contributed by atoms with E-state index < -0.39 is 11.5 Å². The average Bonchev–Trinajstić information content (AvgIpc) is 2.49. The Balaban J connectivity index is 2.24. The van der Waals surface area contributed by atoms with Crippen molar-refractivity contribution >= 4 is 11.8 Å². The zero-order valence-corrected chi connectivity index (χ0v) is 10.2. The molecule has 0 aromatic carbocycles. The van der Waals surface area contributed by atoms with Crippen LogP contribution in [0.15, 0.2) is 48.6 Å². The van der Waals surface area contributed by atoms with Crippen LogP contribution in [0.4, 0.5) is 5.82 Å². The number of hydrogen-bond acceptors (Lipinski definition) is 6. The molecule has 0 amide bonds. The smallest absolute Gasteiger partial charge is 0.347 e. The second-order valence-electron chi connectivity index (χ2n) is 3.62. The van der Waals surface area contributed by atoms with E-state index in [1.165, 1.54) is 6.20 Å². The fourth-order valence-electron chi connectivity index (χ4n) is 1.37. The second kappa shape index (κ2) is 6.06. The molecule has 7 heteroatoms. The van der Waals surface area contributed by atoms with Gasteiger partial charge in [-0.15, -0.1) is 0 Å². The second-order valence-corrected chi connectivity index (χ2v) is 3.62. The van der Waals surface area contributed by atoms with E-state index in [-0.39, 0.29) is 0 Å². The van der Waals surface area contributed by atoms with Crippen LogP contribution in [-0.4, -0.2) is 26.0 Å². The van der Waals surface area contributed by atoms with Crippen LogP contribution in [0.25, 0.3) is 11.4 Å². The number of nitrogens with one attached hydrogen (secondary N) is 1. The summed E-state index contributed by atoms with van der Waals surface area (Å²) < 4.78 is 0. The molecule has 0 unspecified atom stereocenters. The number of nitrogens with zero attached hydrogens (tertiary/aromatic N) is 4. The standard InChI is InChI=1S/C13H9N5O2/c14-7-10(13(19)20)8-17-11-3-6-16-12(18-11)9-1-4-15-5-2-9/h1-6,8H,(H,19,20)(H,16,17,18). The number of hydrogen-bond donors (Lipinski definition) is 2. The number of pyridine rings is 1. The quantitative estimate of drug-likeness (QED) is 0.636. The SMILES string of the molecule is N#CC(=CNc1ccnc(-c2ccncc2)n1)C(=O)O. The summed E-state index contributed by atoms with van der Waals surface area (Å²) >= 11 is 0. The van der Waals surface area contributed by atoms with E-state index in [1.807, 2.05) is 0 Å². The van der Waals surface area contributed by atoms with Gasteiger partial charge in [-0.3, -0.25) is 4.98 Å². The molecular formula is C13H9N5O2. The molecule has 2 N–H and O–H groups in total. The Labute approximate surface area is 114 Å². The largest absolute Gasteiger partial charge is 0.477 e. The maximum Gasteiger partial charge on any atom is 0.347 e. The van der Waals surface area contributed by atoms with Crippen molar-refractivity contribution in [2.24, 2.45) is 0 Å². The van der Waals surface area contributed by atoms with Gasteiger partial charge in [0.15, 0.2) is 11.4 Å². The van der Waals surface area contributed by atoms with Gasteiger partial charge in [0.05, 0.1) is 0 Å². The van der Waals surface area contributed by atoms with Crippen molar-refractivity contribution in [2.75, 3.05) is 5.32 Å². The topological polar surface area (TPSA) is 112 Å². The van der Waals surface area contributed by atoms with Gasteiger partial charge in [0.2, 0.25) is 0 Å². The van der Waals surface area contributed by atoms with Crippen LogP contribution >= 0.6 is 0 Å². The Morgan fingerprint density at radius 2 is 2.05 bits per heavy atom. The van der Waals surface area contributed by atoms with Gasteiger partial charge in [-0.05, 0) is 18.2 Å². The van der Waals surface area contributed by atoms with E-state index in [2.05, 4.69) is 20.3 Å². The molecule has 0 radical (unpaired) electrons. The van der Waals surface area contributed by atoms with E-state index in [0.717, 1.165) is 11.8 Å². The van der Waals surface area contributed by atoms with E-state index in [4.69, 9.17) is 10.4 Å². The lowest BCUT2D eigenvalue weighted by Gasteiger charge is -2.03. The van der Waals surface area contributed by atoms with Crippen molar-refractivity contribution in [3.05, 3.63) is 48.6 Å². The summed E-state index contributed by atoms with van der Waals surface area (Å²) in [7, 11) is 0. The molecule has 0 bridgehead atoms. The highest BCUT2D eigenvalue weighted by Gasteiger charge is 2.06. The summed E-state index contributed by atoms with van der Waals surface area (Å²) in [5, 5.41) is 20.0. The van der Waals surface area contributed by atoms with Crippen molar-refractivity contribution in [1.82, 2.24) is 15.0 Å². The van der Waals surface area contributed by atoms with Crippen molar-refractivity contribution < 1.29 is 9.90 Å². The number of carboxylic acids is 1. The number of aliphatic carboxylic acids is 1. The lowest BCUT2D eigenvalue weighted by Crippen LogP contribution is -2.02. The van der Waals surface area contributed by atoms with Crippen molar-refractivity contribution in [3.8, 4) is 17.5 Å². The van der Waals surface area contributed by atoms with Crippen LogP contribution in [0.5, 0.6) is 0 Å². The van der Waals surface area contributed by atoms with Gasteiger partial charge in [0, 0.05) is 30.4 Å². The Hall–Kier alpha value is -3.27. The molecular weight excluding hydrogens is 258 g/mol. The normalized spacial score (nSPS) is 10.7. The predicted molar refractivity (Wildman–Crippen MR) is 70.2 cm³/mol. The van der Waals surface area contributed by atoms with E-state index in [9.17, 15) is 4.79 Å². The van der Waals surface area contributed by atoms with Crippen LogP contribution in [0.3, 0.4) is 0 Å². The molecule has 2 aromatic rings. The first-order chi connectivity index (χ1) is 9.70. The first kappa shape index (κ1) is 13.2. The number of carboxylic acid groups (broad SMARTS) is 1. The van der Waals surface area contributed by atoms with Crippen molar-refractivity contribution in [1.29, 1.82) is 5.26 Å². The number of rotatable bonds is 4. The number of nitriles is 1. The summed E-state index contributed by atoms with van der Waals surface area (Å²) in [4.78, 5) is 22.9. The molecule has 0 aliphatic carbocycles. The van der Waals surface area contributed by atoms with E-state index in [1.54, 1.807) is 36.7 Å². The molecule has 98 valence electrons. The highest BCUT2D eigenvalue weighted by Crippen LogP contribution is 2.14. The van der Waals surface area contributed by atoms with Crippen LogP contribution < -0.4 is 5.32 Å². The summed E-state index contributed by atoms with van der Waals surface area (Å²) in [6.07, 6.45) is 5.86. The molecule has 0 saturated carbocycles. The zero-order valence-electron chi connectivity index (χ0n) is 10.2. The Morgan fingerprint density at radius 1 is 1.30 bits per heavy atom. The van der Waals surface area contributed by atoms with Gasteiger partial charge in [-0.1, -0.05) is 0 Å². The number of carbonyl (C=O) groups is 1. The predicted octanol–water partition coefficient (Wildman–Crippen LogP) is 1.44. The first-order valence-corrected chi connectivity index (χ1v) is 5.54. The molecule has 2 heterocycles. The van der Waals surface area contributed by atoms with E-state index >= 15 is 0 Å². The molecule has 7 nitrogen and oxygen atoms in total. The lowest BCUT2D eigenvalue weighted by molar-refractivity contribution is -0.132. The maximum absolute atomic E-state index is 10.7. The average molecular weight is 267 g/mol. The third-order valence-electron chi connectivity index (χ3n) is 2.31. The van der Waals surface area contributed by atoms with Crippen LogP contribution in [0.1, 0.15) is 0 Å². The zero-order chi connectivity index (χ0) is 14.4. The minimum atomic E-state index is -1.30. The van der Waals surface area contributed by atoms with Crippen molar-refractivity contribution in [2.45, 2.75) is 0 Å². The van der Waals surface area contributed by atoms with Gasteiger partial charge < -0.3 is 10.4 Å². The van der Waals surface area contributed by atoms with Crippen LogP contribution in [0.2, 0.25) is 0 Å². The van der Waals surface area contributed by atoms with Gasteiger partial charge in [-0.2, -0.15) is 5.26 Å². The minimum absolute atomic E-state index is 0.390. The van der Waals surface area contributed by atoms with Gasteiger partial charge in [0.1, 0.15) is 11.9 Å². The van der Waals surface area contributed by atoms with Crippen LogP contribution in [-0.2, 0) is 4.79 Å². The fraction of sp³-hybridized carbons (Fsp3) is 0. The molecule has 0 atom stereocenters.